The number of nitrogens with zero attached hydrogens (tertiary/aromatic N) is 2. The van der Waals surface area contributed by atoms with E-state index in [1.165, 1.54) is 0 Å². The average Bonchev–Trinajstić information content (AvgIpc) is 2.97. The number of allylic oxidation sites excluding steroid dienone is 1. The first-order valence-corrected chi connectivity index (χ1v) is 8.89. The molecular weight excluding hydrogens is 395 g/mol. The van der Waals surface area contributed by atoms with Gasteiger partial charge in [0.1, 0.15) is 5.76 Å². The number of carbonyl (C=O) groups is 1. The smallest absolute Gasteiger partial charge is 0.257 e. The Morgan fingerprint density at radius 1 is 1.35 bits per heavy atom. The zero-order valence-corrected chi connectivity index (χ0v) is 16.6. The summed E-state index contributed by atoms with van der Waals surface area (Å²) in [5.41, 5.74) is 1.72. The van der Waals surface area contributed by atoms with Crippen molar-refractivity contribution in [3.05, 3.63) is 56.9 Å². The Bertz CT molecular complexity index is 905. The Hall–Kier alpha value is -2.09. The molecule has 1 aromatic carbocycles. The van der Waals surface area contributed by atoms with Crippen LogP contribution in [0.1, 0.15) is 24.3 Å². The van der Waals surface area contributed by atoms with E-state index in [0.717, 1.165) is 0 Å². The van der Waals surface area contributed by atoms with Gasteiger partial charge in [-0.15, -0.1) is 0 Å². The van der Waals surface area contributed by atoms with Crippen LogP contribution in [0.5, 0.6) is 0 Å². The number of nitrogens with one attached hydrogen (secondary N) is 2. The second-order valence-corrected chi connectivity index (χ2v) is 7.05. The molecule has 0 spiro atoms. The van der Waals surface area contributed by atoms with Gasteiger partial charge in [0.05, 0.1) is 11.6 Å². The minimum absolute atomic E-state index is 0.326. The number of halogens is 2. The van der Waals surface area contributed by atoms with Crippen LogP contribution in [0.2, 0.25) is 10.0 Å². The van der Waals surface area contributed by atoms with Crippen molar-refractivity contribution in [2.75, 3.05) is 12.4 Å². The van der Waals surface area contributed by atoms with Gasteiger partial charge in [0, 0.05) is 34.4 Å². The highest BCUT2D eigenvalue weighted by Crippen LogP contribution is 2.38. The molecule has 0 fully saturated rings. The lowest BCUT2D eigenvalue weighted by Crippen LogP contribution is -2.46. The van der Waals surface area contributed by atoms with E-state index in [0.29, 0.717) is 43.6 Å². The molecule has 0 aliphatic carbocycles. The van der Waals surface area contributed by atoms with Crippen molar-refractivity contribution in [1.82, 2.24) is 15.4 Å². The number of carbonyl (C=O) groups excluding carboxylic acids is 1. The predicted molar refractivity (Wildman–Crippen MR) is 105 cm³/mol. The first-order chi connectivity index (χ1) is 12.3. The number of hydrogen-bond acceptors (Lipinski definition) is 4. The van der Waals surface area contributed by atoms with Crippen LogP contribution < -0.4 is 10.6 Å². The van der Waals surface area contributed by atoms with E-state index < -0.39 is 6.04 Å². The standard InChI is InChI=1S/C17H16Cl2N4O2S/c1-8-7-12(22-25-8)20-16(24)13-9(2)23(3)17(26)21-15(13)14-10(18)5-4-6-11(14)19/h4-7,15H,1-3H3,(H,21,26)(H,20,22,24). The molecule has 9 heteroatoms. The lowest BCUT2D eigenvalue weighted by Gasteiger charge is -2.36. The number of thiocarbonyl (C=S) groups is 1. The van der Waals surface area contributed by atoms with Crippen LogP contribution in [-0.2, 0) is 4.79 Å². The van der Waals surface area contributed by atoms with Crippen LogP contribution in [-0.4, -0.2) is 28.1 Å². The Morgan fingerprint density at radius 3 is 2.58 bits per heavy atom. The zero-order chi connectivity index (χ0) is 19.0. The molecule has 1 aliphatic rings. The lowest BCUT2D eigenvalue weighted by atomic mass is 9.94. The Labute approximate surface area is 166 Å². The molecule has 0 radical (unpaired) electrons. The third kappa shape index (κ3) is 3.42. The summed E-state index contributed by atoms with van der Waals surface area (Å²) < 4.78 is 5.00. The van der Waals surface area contributed by atoms with E-state index in [4.69, 9.17) is 39.9 Å². The van der Waals surface area contributed by atoms with E-state index in [9.17, 15) is 4.79 Å². The van der Waals surface area contributed by atoms with Gasteiger partial charge in [-0.2, -0.15) is 0 Å². The number of anilines is 1. The number of hydrogen-bond donors (Lipinski definition) is 2. The third-order valence-corrected chi connectivity index (χ3v) is 5.21. The van der Waals surface area contributed by atoms with Crippen LogP contribution in [0, 0.1) is 6.92 Å². The van der Waals surface area contributed by atoms with Gasteiger partial charge in [0.15, 0.2) is 10.9 Å². The molecule has 0 saturated carbocycles. The van der Waals surface area contributed by atoms with Crippen molar-refractivity contribution in [3.8, 4) is 0 Å². The van der Waals surface area contributed by atoms with Crippen molar-refractivity contribution in [2.24, 2.45) is 0 Å². The second kappa shape index (κ2) is 7.26. The number of aromatic nitrogens is 1. The van der Waals surface area contributed by atoms with Crippen LogP contribution in [0.15, 0.2) is 40.1 Å². The van der Waals surface area contributed by atoms with E-state index in [1.54, 1.807) is 43.1 Å². The summed E-state index contributed by atoms with van der Waals surface area (Å²) in [4.78, 5) is 14.7. The van der Waals surface area contributed by atoms with Crippen molar-refractivity contribution in [1.29, 1.82) is 0 Å². The predicted octanol–water partition coefficient (Wildman–Crippen LogP) is 4.06. The fraction of sp³-hybridized carbons (Fsp3) is 0.235. The van der Waals surface area contributed by atoms with Crippen LogP contribution >= 0.6 is 35.4 Å². The zero-order valence-electron chi connectivity index (χ0n) is 14.3. The number of benzene rings is 1. The van der Waals surface area contributed by atoms with Gasteiger partial charge in [-0.25, -0.2) is 0 Å². The summed E-state index contributed by atoms with van der Waals surface area (Å²) in [5.74, 6) is 0.572. The van der Waals surface area contributed by atoms with Gasteiger partial charge in [-0.3, -0.25) is 4.79 Å². The minimum Gasteiger partial charge on any atom is -0.360 e. The normalized spacial score (nSPS) is 17.3. The van der Waals surface area contributed by atoms with Gasteiger partial charge >= 0.3 is 0 Å². The highest BCUT2D eigenvalue weighted by molar-refractivity contribution is 7.80. The summed E-state index contributed by atoms with van der Waals surface area (Å²) in [6, 6.07) is 6.23. The molecule has 0 bridgehead atoms. The topological polar surface area (TPSA) is 70.4 Å². The summed E-state index contributed by atoms with van der Waals surface area (Å²) in [6.45, 7) is 3.56. The maximum atomic E-state index is 13.0. The molecule has 2 heterocycles. The number of aryl methyl sites for hydroxylation is 1. The largest absolute Gasteiger partial charge is 0.360 e. The number of rotatable bonds is 3. The van der Waals surface area contributed by atoms with Crippen LogP contribution in [0.4, 0.5) is 5.82 Å². The first kappa shape index (κ1) is 18.7. The lowest BCUT2D eigenvalue weighted by molar-refractivity contribution is -0.113. The maximum absolute atomic E-state index is 13.0. The molecule has 136 valence electrons. The Morgan fingerprint density at radius 2 is 2.00 bits per heavy atom. The Kier molecular flexibility index (Phi) is 5.22. The average molecular weight is 411 g/mol. The van der Waals surface area contributed by atoms with Crippen molar-refractivity contribution >= 4 is 52.3 Å². The van der Waals surface area contributed by atoms with Gasteiger partial charge < -0.3 is 20.1 Å². The van der Waals surface area contributed by atoms with E-state index >= 15 is 0 Å². The van der Waals surface area contributed by atoms with Crippen LogP contribution in [0.3, 0.4) is 0 Å². The van der Waals surface area contributed by atoms with Gasteiger partial charge in [0.25, 0.3) is 5.91 Å². The molecule has 2 aromatic rings. The SMILES string of the molecule is CC1=C(C(=O)Nc2cc(C)on2)C(c2c(Cl)cccc2Cl)NC(=S)N1C. The molecule has 1 unspecified atom stereocenters. The molecule has 0 saturated heterocycles. The molecule has 3 rings (SSSR count). The molecule has 1 amide bonds. The molecule has 1 aliphatic heterocycles. The van der Waals surface area contributed by atoms with Crippen LogP contribution in [0.25, 0.3) is 0 Å². The monoisotopic (exact) mass is 410 g/mol. The third-order valence-electron chi connectivity index (χ3n) is 4.16. The van der Waals surface area contributed by atoms with Crippen molar-refractivity contribution < 1.29 is 9.32 Å². The van der Waals surface area contributed by atoms with Crippen molar-refractivity contribution in [2.45, 2.75) is 19.9 Å². The summed E-state index contributed by atoms with van der Waals surface area (Å²) >= 11 is 18.1. The quantitative estimate of drug-likeness (QED) is 0.743. The second-order valence-electron chi connectivity index (χ2n) is 5.85. The molecular formula is C17H16Cl2N4O2S. The van der Waals surface area contributed by atoms with Gasteiger partial charge in [-0.05, 0) is 38.2 Å². The fourth-order valence-electron chi connectivity index (χ4n) is 2.74. The molecule has 2 N–H and O–H groups in total. The Balaban J connectivity index is 2.07. The van der Waals surface area contributed by atoms with E-state index in [2.05, 4.69) is 15.8 Å². The summed E-state index contributed by atoms with van der Waals surface area (Å²) in [5, 5.41) is 11.0. The highest BCUT2D eigenvalue weighted by atomic mass is 35.5. The maximum Gasteiger partial charge on any atom is 0.257 e. The number of amides is 1. The van der Waals surface area contributed by atoms with Crippen molar-refractivity contribution in [3.63, 3.8) is 0 Å². The molecule has 1 aromatic heterocycles. The van der Waals surface area contributed by atoms with E-state index in [-0.39, 0.29) is 5.91 Å². The first-order valence-electron chi connectivity index (χ1n) is 7.73. The van der Waals surface area contributed by atoms with Gasteiger partial charge in [-0.1, -0.05) is 34.4 Å². The molecule has 6 nitrogen and oxygen atoms in total. The minimum atomic E-state index is -0.590. The summed E-state index contributed by atoms with van der Waals surface area (Å²) in [7, 11) is 1.78. The van der Waals surface area contributed by atoms with Gasteiger partial charge in [0.2, 0.25) is 0 Å². The molecule has 26 heavy (non-hydrogen) atoms. The molecule has 1 atom stereocenters. The highest BCUT2D eigenvalue weighted by Gasteiger charge is 2.35. The summed E-state index contributed by atoms with van der Waals surface area (Å²) in [6.07, 6.45) is 0. The van der Waals surface area contributed by atoms with E-state index in [1.807, 2.05) is 6.92 Å². The fourth-order valence-corrected chi connectivity index (χ4v) is 3.61.